The fourth-order valence-electron chi connectivity index (χ4n) is 8.64. The van der Waals surface area contributed by atoms with Gasteiger partial charge in [0.1, 0.15) is 0 Å². The van der Waals surface area contributed by atoms with Gasteiger partial charge in [-0.05, 0) is 117 Å². The zero-order chi connectivity index (χ0) is 21.0. The van der Waals surface area contributed by atoms with Gasteiger partial charge in [0.05, 0.1) is 0 Å². The molecule has 30 heavy (non-hydrogen) atoms. The highest BCUT2D eigenvalue weighted by atomic mass is 16.1. The van der Waals surface area contributed by atoms with Gasteiger partial charge in [0, 0.05) is 31.3 Å². The van der Waals surface area contributed by atoms with Gasteiger partial charge >= 0.3 is 0 Å². The second kappa shape index (κ2) is 7.68. The lowest BCUT2D eigenvalue weighted by atomic mass is 9.49. The molecule has 0 bridgehead atoms. The molecular formula is C28H41NO. The molecule has 4 aliphatic carbocycles. The summed E-state index contributed by atoms with van der Waals surface area (Å²) in [7, 11) is 4.11. The molecule has 1 aromatic carbocycles. The maximum Gasteiger partial charge on any atom is 0.166 e. The Morgan fingerprint density at radius 3 is 2.37 bits per heavy atom. The molecule has 5 rings (SSSR count). The summed E-state index contributed by atoms with van der Waals surface area (Å²) in [4.78, 5) is 15.7. The summed E-state index contributed by atoms with van der Waals surface area (Å²) in [5.74, 6) is 6.25. The Balaban J connectivity index is 1.34. The van der Waals surface area contributed by atoms with E-state index in [0.29, 0.717) is 5.78 Å². The van der Waals surface area contributed by atoms with Gasteiger partial charge in [0.15, 0.2) is 5.78 Å². The number of rotatable bonds is 3. The van der Waals surface area contributed by atoms with Crippen LogP contribution in [0.4, 0.5) is 5.69 Å². The van der Waals surface area contributed by atoms with Crippen LogP contribution in [0, 0.1) is 46.8 Å². The van der Waals surface area contributed by atoms with E-state index in [1.807, 2.05) is 0 Å². The second-order valence-electron chi connectivity index (χ2n) is 11.8. The van der Waals surface area contributed by atoms with Crippen LogP contribution in [0.1, 0.15) is 82.0 Å². The Hall–Kier alpha value is -1.31. The molecule has 2 nitrogen and oxygen atoms in total. The van der Waals surface area contributed by atoms with Crippen LogP contribution in [0.5, 0.6) is 0 Å². The largest absolute Gasteiger partial charge is 0.378 e. The van der Waals surface area contributed by atoms with Crippen molar-refractivity contribution in [1.82, 2.24) is 0 Å². The minimum atomic E-state index is 0.229. The molecule has 0 radical (unpaired) electrons. The summed E-state index contributed by atoms with van der Waals surface area (Å²) in [5, 5.41) is 0. The summed E-state index contributed by atoms with van der Waals surface area (Å²) >= 11 is 0. The van der Waals surface area contributed by atoms with Crippen LogP contribution in [0.25, 0.3) is 0 Å². The smallest absolute Gasteiger partial charge is 0.166 e. The standard InChI is InChI=1S/C28H41NO/c1-18-5-11-22-20(17-18)8-12-24-23(22)15-16-28(2)25(24)13-14-26(28)27(30)19-6-9-21(10-7-19)29(3)4/h6-7,9-10,18,20,22-26H,5,8,11-17H2,1-4H3/t18-,20+,22-,23?,24+,25?,26+,28-/m0/s1. The first kappa shape index (κ1) is 20.6. The Morgan fingerprint density at radius 1 is 0.900 bits per heavy atom. The summed E-state index contributed by atoms with van der Waals surface area (Å²) in [6.45, 7) is 4.96. The Kier molecular flexibility index (Phi) is 5.27. The van der Waals surface area contributed by atoms with Gasteiger partial charge in [-0.25, -0.2) is 0 Å². The van der Waals surface area contributed by atoms with Crippen LogP contribution in [0.15, 0.2) is 24.3 Å². The van der Waals surface area contributed by atoms with Crippen LogP contribution < -0.4 is 4.90 Å². The number of benzene rings is 1. The maximum absolute atomic E-state index is 13.6. The molecule has 0 aromatic heterocycles. The van der Waals surface area contributed by atoms with E-state index in [1.54, 1.807) is 0 Å². The van der Waals surface area contributed by atoms with E-state index >= 15 is 0 Å². The van der Waals surface area contributed by atoms with Crippen molar-refractivity contribution < 1.29 is 4.79 Å². The minimum absolute atomic E-state index is 0.229. The molecule has 2 unspecified atom stereocenters. The number of nitrogens with zero attached hydrogens (tertiary/aromatic N) is 1. The third-order valence-corrected chi connectivity index (χ3v) is 10.2. The average molecular weight is 408 g/mol. The van der Waals surface area contributed by atoms with Gasteiger partial charge < -0.3 is 4.90 Å². The van der Waals surface area contributed by atoms with E-state index in [2.05, 4.69) is 57.1 Å². The number of carbonyl (C=O) groups excluding carboxylic acids is 1. The van der Waals surface area contributed by atoms with Crippen LogP contribution in [0.3, 0.4) is 0 Å². The normalized spacial score (nSPS) is 42.7. The van der Waals surface area contributed by atoms with Crippen molar-refractivity contribution in [2.75, 3.05) is 19.0 Å². The Bertz CT molecular complexity index is 782. The van der Waals surface area contributed by atoms with Crippen LogP contribution in [-0.4, -0.2) is 19.9 Å². The Morgan fingerprint density at radius 2 is 1.63 bits per heavy atom. The number of carbonyl (C=O) groups is 1. The number of Topliss-reactive ketones (excluding diaryl/α,β-unsaturated/α-hetero) is 1. The summed E-state index contributed by atoms with van der Waals surface area (Å²) in [6.07, 6.45) is 12.4. The molecule has 0 amide bonds. The molecule has 4 aliphatic rings. The van der Waals surface area contributed by atoms with Crippen molar-refractivity contribution in [3.63, 3.8) is 0 Å². The van der Waals surface area contributed by atoms with Gasteiger partial charge in [-0.15, -0.1) is 0 Å². The van der Waals surface area contributed by atoms with Crippen LogP contribution in [0.2, 0.25) is 0 Å². The summed E-state index contributed by atoms with van der Waals surface area (Å²) < 4.78 is 0. The van der Waals surface area contributed by atoms with Gasteiger partial charge in [-0.3, -0.25) is 4.79 Å². The van der Waals surface area contributed by atoms with Gasteiger partial charge in [0.25, 0.3) is 0 Å². The first-order valence-electron chi connectivity index (χ1n) is 12.7. The fraction of sp³-hybridized carbons (Fsp3) is 0.750. The SMILES string of the molecule is C[C@H]1CC[C@@H]2C3CC[C@@]4(C)C(CC[C@@H]4C(=O)c4ccc(N(C)C)cc4)[C@@H]3CC[C@@H]2C1. The van der Waals surface area contributed by atoms with Crippen molar-refractivity contribution in [2.45, 2.75) is 71.6 Å². The summed E-state index contributed by atoms with van der Waals surface area (Å²) in [5.41, 5.74) is 2.33. The lowest BCUT2D eigenvalue weighted by Gasteiger charge is -2.56. The van der Waals surface area contributed by atoms with E-state index < -0.39 is 0 Å². The first-order chi connectivity index (χ1) is 14.4. The molecule has 1 aromatic rings. The average Bonchev–Trinajstić information content (AvgIpc) is 3.10. The highest BCUT2D eigenvalue weighted by Gasteiger charge is 2.58. The quantitative estimate of drug-likeness (QED) is 0.511. The van der Waals surface area contributed by atoms with Crippen molar-refractivity contribution in [3.8, 4) is 0 Å². The van der Waals surface area contributed by atoms with Crippen LogP contribution >= 0.6 is 0 Å². The minimum Gasteiger partial charge on any atom is -0.378 e. The van der Waals surface area contributed by atoms with Crippen LogP contribution in [-0.2, 0) is 0 Å². The van der Waals surface area contributed by atoms with Gasteiger partial charge in [-0.1, -0.05) is 20.3 Å². The molecule has 2 heteroatoms. The van der Waals surface area contributed by atoms with E-state index in [1.165, 1.54) is 57.1 Å². The zero-order valence-electron chi connectivity index (χ0n) is 19.6. The first-order valence-corrected chi connectivity index (χ1v) is 12.7. The Labute approximate surface area is 183 Å². The second-order valence-corrected chi connectivity index (χ2v) is 11.8. The predicted molar refractivity (Wildman–Crippen MR) is 125 cm³/mol. The van der Waals surface area contributed by atoms with E-state index in [9.17, 15) is 4.79 Å². The van der Waals surface area contributed by atoms with E-state index in [4.69, 9.17) is 0 Å². The number of hydrogen-bond donors (Lipinski definition) is 0. The van der Waals surface area contributed by atoms with Crippen molar-refractivity contribution in [1.29, 1.82) is 0 Å². The van der Waals surface area contributed by atoms with E-state index in [0.717, 1.165) is 47.5 Å². The van der Waals surface area contributed by atoms with Gasteiger partial charge in [-0.2, -0.15) is 0 Å². The topological polar surface area (TPSA) is 20.3 Å². The third-order valence-electron chi connectivity index (χ3n) is 10.2. The molecule has 164 valence electrons. The van der Waals surface area contributed by atoms with Crippen molar-refractivity contribution >= 4 is 11.5 Å². The molecule has 0 N–H and O–H groups in total. The maximum atomic E-state index is 13.6. The molecule has 0 aliphatic heterocycles. The van der Waals surface area contributed by atoms with Crippen molar-refractivity contribution in [3.05, 3.63) is 29.8 Å². The number of ketones is 1. The molecule has 0 heterocycles. The lowest BCUT2D eigenvalue weighted by Crippen LogP contribution is -2.49. The highest BCUT2D eigenvalue weighted by Crippen LogP contribution is 2.64. The number of hydrogen-bond acceptors (Lipinski definition) is 2. The number of anilines is 1. The zero-order valence-corrected chi connectivity index (χ0v) is 19.6. The molecule has 8 atom stereocenters. The molecule has 4 saturated carbocycles. The van der Waals surface area contributed by atoms with E-state index in [-0.39, 0.29) is 11.3 Å². The number of fused-ring (bicyclic) bond motifs is 5. The predicted octanol–water partition coefficient (Wildman–Crippen LogP) is 6.84. The van der Waals surface area contributed by atoms with Crippen molar-refractivity contribution in [2.24, 2.45) is 46.8 Å². The fourth-order valence-corrected chi connectivity index (χ4v) is 8.64. The molecular weight excluding hydrogens is 366 g/mol. The molecule has 4 fully saturated rings. The summed E-state index contributed by atoms with van der Waals surface area (Å²) in [6, 6.07) is 8.33. The third kappa shape index (κ3) is 3.24. The molecule has 0 spiro atoms. The van der Waals surface area contributed by atoms with Gasteiger partial charge in [0.2, 0.25) is 0 Å². The monoisotopic (exact) mass is 407 g/mol. The lowest BCUT2D eigenvalue weighted by molar-refractivity contribution is -0.0634. The molecule has 0 saturated heterocycles. The highest BCUT2D eigenvalue weighted by molar-refractivity contribution is 5.98.